The van der Waals surface area contributed by atoms with Gasteiger partial charge in [0.2, 0.25) is 0 Å². The summed E-state index contributed by atoms with van der Waals surface area (Å²) in [4.78, 5) is 0. The molecule has 1 aliphatic rings. The molecule has 2 unspecified atom stereocenters. The molecule has 1 aromatic rings. The first-order chi connectivity index (χ1) is 8.02. The second-order valence-electron chi connectivity index (χ2n) is 5.02. The minimum atomic E-state index is -2.98. The second-order valence-corrected chi connectivity index (χ2v) is 7.17. The molecule has 0 heterocycles. The van der Waals surface area contributed by atoms with E-state index in [1.54, 1.807) is 0 Å². The first kappa shape index (κ1) is 12.6. The van der Waals surface area contributed by atoms with Gasteiger partial charge in [0.05, 0.1) is 11.5 Å². The number of sulfone groups is 1. The molecular formula is C13H19NO2S. The van der Waals surface area contributed by atoms with E-state index < -0.39 is 9.84 Å². The van der Waals surface area contributed by atoms with Crippen LogP contribution in [-0.2, 0) is 16.3 Å². The maximum absolute atomic E-state index is 12.0. The fourth-order valence-electron chi connectivity index (χ4n) is 2.39. The van der Waals surface area contributed by atoms with Crippen LogP contribution < -0.4 is 5.73 Å². The quantitative estimate of drug-likeness (QED) is 0.861. The molecule has 17 heavy (non-hydrogen) atoms. The number of fused-ring (bicyclic) bond motifs is 1. The topological polar surface area (TPSA) is 60.2 Å². The zero-order valence-electron chi connectivity index (χ0n) is 10.1. The normalized spacial score (nSPS) is 20.5. The first-order valence-electron chi connectivity index (χ1n) is 6.00. The van der Waals surface area contributed by atoms with Crippen molar-refractivity contribution in [2.24, 2.45) is 11.7 Å². The van der Waals surface area contributed by atoms with Crippen LogP contribution in [0.2, 0.25) is 0 Å². The fourth-order valence-corrected chi connectivity index (χ4v) is 4.44. The van der Waals surface area contributed by atoms with Gasteiger partial charge in [-0.3, -0.25) is 0 Å². The average molecular weight is 253 g/mol. The van der Waals surface area contributed by atoms with Gasteiger partial charge in [-0.05, 0) is 30.0 Å². The van der Waals surface area contributed by atoms with Gasteiger partial charge in [-0.25, -0.2) is 8.42 Å². The molecule has 2 rings (SSSR count). The van der Waals surface area contributed by atoms with Crippen molar-refractivity contribution in [3.63, 3.8) is 0 Å². The molecule has 3 nitrogen and oxygen atoms in total. The zero-order valence-corrected chi connectivity index (χ0v) is 10.9. The first-order valence-corrected chi connectivity index (χ1v) is 7.82. The number of hydrogen-bond donors (Lipinski definition) is 1. The summed E-state index contributed by atoms with van der Waals surface area (Å²) in [5.74, 6) is 0.729. The van der Waals surface area contributed by atoms with Gasteiger partial charge in [0.25, 0.3) is 0 Å². The largest absolute Gasteiger partial charge is 0.330 e. The van der Waals surface area contributed by atoms with Crippen molar-refractivity contribution < 1.29 is 8.42 Å². The van der Waals surface area contributed by atoms with E-state index in [1.807, 2.05) is 25.1 Å². The van der Waals surface area contributed by atoms with E-state index in [0.717, 1.165) is 6.42 Å². The van der Waals surface area contributed by atoms with Gasteiger partial charge in [0, 0.05) is 5.92 Å². The Labute approximate surface area is 103 Å². The van der Waals surface area contributed by atoms with E-state index in [4.69, 9.17) is 5.73 Å². The van der Waals surface area contributed by atoms with Gasteiger partial charge in [-0.15, -0.1) is 0 Å². The van der Waals surface area contributed by atoms with Crippen LogP contribution in [0.15, 0.2) is 24.3 Å². The molecule has 2 atom stereocenters. The molecular weight excluding hydrogens is 234 g/mol. The van der Waals surface area contributed by atoms with Crippen LogP contribution in [0, 0.1) is 5.92 Å². The van der Waals surface area contributed by atoms with E-state index in [2.05, 4.69) is 6.07 Å². The summed E-state index contributed by atoms with van der Waals surface area (Å²) in [6.07, 6.45) is 0.895. The maximum Gasteiger partial charge on any atom is 0.151 e. The molecule has 2 N–H and O–H groups in total. The predicted octanol–water partition coefficient (Wildman–Crippen LogP) is 1.34. The molecule has 0 amide bonds. The minimum Gasteiger partial charge on any atom is -0.330 e. The minimum absolute atomic E-state index is 0.0512. The number of rotatable bonds is 5. The Balaban J connectivity index is 2.00. The highest BCUT2D eigenvalue weighted by Crippen LogP contribution is 2.35. The summed E-state index contributed by atoms with van der Waals surface area (Å²) in [7, 11) is -2.98. The Morgan fingerprint density at radius 2 is 2.12 bits per heavy atom. The van der Waals surface area contributed by atoms with Crippen LogP contribution in [0.1, 0.15) is 24.0 Å². The van der Waals surface area contributed by atoms with Gasteiger partial charge in [-0.2, -0.15) is 0 Å². The van der Waals surface area contributed by atoms with Gasteiger partial charge in [-0.1, -0.05) is 31.2 Å². The third-order valence-electron chi connectivity index (χ3n) is 3.36. The molecule has 0 saturated heterocycles. The monoisotopic (exact) mass is 253 g/mol. The molecule has 1 aromatic carbocycles. The molecule has 0 aromatic heterocycles. The lowest BCUT2D eigenvalue weighted by Gasteiger charge is -2.30. The summed E-state index contributed by atoms with van der Waals surface area (Å²) >= 11 is 0. The lowest BCUT2D eigenvalue weighted by molar-refractivity contribution is 0.559. The fraction of sp³-hybridized carbons (Fsp3) is 0.538. The zero-order chi connectivity index (χ0) is 12.5. The summed E-state index contributed by atoms with van der Waals surface area (Å²) < 4.78 is 23.9. The van der Waals surface area contributed by atoms with Gasteiger partial charge < -0.3 is 5.73 Å². The third-order valence-corrected chi connectivity index (χ3v) is 5.34. The SMILES string of the molecule is CC(CN)CS(=O)(=O)CC1Cc2ccccc21. The Morgan fingerprint density at radius 1 is 1.41 bits per heavy atom. The summed E-state index contributed by atoms with van der Waals surface area (Å²) in [6, 6.07) is 8.08. The Hall–Kier alpha value is -0.870. The predicted molar refractivity (Wildman–Crippen MR) is 69.8 cm³/mol. The van der Waals surface area contributed by atoms with Crippen LogP contribution >= 0.6 is 0 Å². The van der Waals surface area contributed by atoms with Gasteiger partial charge in [0.15, 0.2) is 9.84 Å². The Kier molecular flexibility index (Phi) is 3.54. The lowest BCUT2D eigenvalue weighted by atomic mass is 9.79. The van der Waals surface area contributed by atoms with E-state index >= 15 is 0 Å². The van der Waals surface area contributed by atoms with Crippen LogP contribution in [0.4, 0.5) is 0 Å². The number of hydrogen-bond acceptors (Lipinski definition) is 3. The maximum atomic E-state index is 12.0. The van der Waals surface area contributed by atoms with Gasteiger partial charge in [0.1, 0.15) is 0 Å². The molecule has 0 fully saturated rings. The number of benzene rings is 1. The number of nitrogens with two attached hydrogens (primary N) is 1. The van der Waals surface area contributed by atoms with Crippen molar-refractivity contribution in [1.29, 1.82) is 0 Å². The van der Waals surface area contributed by atoms with Crippen molar-refractivity contribution in [2.45, 2.75) is 19.3 Å². The van der Waals surface area contributed by atoms with Crippen molar-refractivity contribution >= 4 is 9.84 Å². The average Bonchev–Trinajstić information content (AvgIpc) is 2.25. The third kappa shape index (κ3) is 2.87. The van der Waals surface area contributed by atoms with E-state index in [0.29, 0.717) is 6.54 Å². The standard InChI is InChI=1S/C13H19NO2S/c1-10(7-14)8-17(15,16)9-12-6-11-4-2-3-5-13(11)12/h2-5,10,12H,6-9,14H2,1H3. The molecule has 0 spiro atoms. The molecule has 1 aliphatic carbocycles. The second kappa shape index (κ2) is 4.78. The van der Waals surface area contributed by atoms with Crippen LogP contribution in [-0.4, -0.2) is 26.5 Å². The van der Waals surface area contributed by atoms with Crippen molar-refractivity contribution in [3.8, 4) is 0 Å². The van der Waals surface area contributed by atoms with E-state index in [1.165, 1.54) is 11.1 Å². The molecule has 94 valence electrons. The van der Waals surface area contributed by atoms with Crippen LogP contribution in [0.3, 0.4) is 0 Å². The summed E-state index contributed by atoms with van der Waals surface area (Å²) in [5, 5.41) is 0. The van der Waals surface area contributed by atoms with Crippen molar-refractivity contribution in [3.05, 3.63) is 35.4 Å². The highest BCUT2D eigenvalue weighted by atomic mass is 32.2. The van der Waals surface area contributed by atoms with Crippen LogP contribution in [0.5, 0.6) is 0 Å². The van der Waals surface area contributed by atoms with E-state index in [9.17, 15) is 8.42 Å². The summed E-state index contributed by atoms with van der Waals surface area (Å²) in [5.41, 5.74) is 7.96. The summed E-state index contributed by atoms with van der Waals surface area (Å²) in [6.45, 7) is 2.31. The van der Waals surface area contributed by atoms with Crippen LogP contribution in [0.25, 0.3) is 0 Å². The van der Waals surface area contributed by atoms with E-state index in [-0.39, 0.29) is 23.3 Å². The molecule has 0 radical (unpaired) electrons. The molecule has 0 saturated carbocycles. The highest BCUT2D eigenvalue weighted by Gasteiger charge is 2.30. The smallest absolute Gasteiger partial charge is 0.151 e. The lowest BCUT2D eigenvalue weighted by Crippen LogP contribution is -2.29. The highest BCUT2D eigenvalue weighted by molar-refractivity contribution is 7.91. The Morgan fingerprint density at radius 3 is 2.76 bits per heavy atom. The van der Waals surface area contributed by atoms with Gasteiger partial charge >= 0.3 is 0 Å². The van der Waals surface area contributed by atoms with Crippen molar-refractivity contribution in [2.75, 3.05) is 18.1 Å². The molecule has 4 heteroatoms. The van der Waals surface area contributed by atoms with Crippen molar-refractivity contribution in [1.82, 2.24) is 0 Å². The molecule has 0 aliphatic heterocycles. The Bertz CT molecular complexity index is 496. The molecule has 0 bridgehead atoms.